The largest absolute Gasteiger partial charge is 0.394 e. The molecule has 0 aliphatic carbocycles. The van der Waals surface area contributed by atoms with E-state index in [0.29, 0.717) is 31.0 Å². The van der Waals surface area contributed by atoms with E-state index in [1.807, 2.05) is 0 Å². The maximum atomic E-state index is 14.9. The van der Waals surface area contributed by atoms with E-state index in [-0.39, 0.29) is 29.8 Å². The average Bonchev–Trinajstić information content (AvgIpc) is 3.40. The Bertz CT molecular complexity index is 1420. The van der Waals surface area contributed by atoms with E-state index in [9.17, 15) is 18.7 Å². The Labute approximate surface area is 211 Å². The Morgan fingerprint density at radius 2 is 1.95 bits per heavy atom. The summed E-state index contributed by atoms with van der Waals surface area (Å²) >= 11 is 0. The molecule has 0 bridgehead atoms. The molecule has 0 unspecified atom stereocenters. The van der Waals surface area contributed by atoms with Crippen molar-refractivity contribution in [1.29, 1.82) is 0 Å². The molecule has 1 aliphatic rings. The summed E-state index contributed by atoms with van der Waals surface area (Å²) in [5.41, 5.74) is 3.04. The van der Waals surface area contributed by atoms with Gasteiger partial charge in [-0.15, -0.1) is 5.10 Å². The quantitative estimate of drug-likeness (QED) is 0.396. The Morgan fingerprint density at radius 3 is 2.73 bits per heavy atom. The van der Waals surface area contributed by atoms with Crippen molar-refractivity contribution in [3.05, 3.63) is 88.5 Å². The number of anilines is 1. The van der Waals surface area contributed by atoms with Crippen LogP contribution < -0.4 is 5.32 Å². The van der Waals surface area contributed by atoms with Crippen molar-refractivity contribution in [2.45, 2.75) is 32.5 Å². The van der Waals surface area contributed by atoms with Crippen molar-refractivity contribution in [1.82, 2.24) is 30.1 Å². The van der Waals surface area contributed by atoms with Gasteiger partial charge in [-0.25, -0.2) is 18.4 Å². The van der Waals surface area contributed by atoms with Crippen LogP contribution in [0, 0.1) is 11.6 Å². The first-order valence-corrected chi connectivity index (χ1v) is 11.9. The molecule has 1 aliphatic heterocycles. The lowest BCUT2D eigenvalue weighted by Crippen LogP contribution is -2.30. The predicted molar refractivity (Wildman–Crippen MR) is 131 cm³/mol. The number of carbonyl (C=O) groups excluding carboxylic acids is 1. The van der Waals surface area contributed by atoms with Crippen LogP contribution >= 0.6 is 0 Å². The molecule has 5 rings (SSSR count). The van der Waals surface area contributed by atoms with Crippen LogP contribution in [0.2, 0.25) is 0 Å². The summed E-state index contributed by atoms with van der Waals surface area (Å²) < 4.78 is 29.6. The number of benzene rings is 2. The minimum absolute atomic E-state index is 0.0756. The Hall–Kier alpha value is -4.09. The van der Waals surface area contributed by atoms with E-state index >= 15 is 0 Å². The maximum absolute atomic E-state index is 14.9. The highest BCUT2D eigenvalue weighted by Gasteiger charge is 2.22. The third-order valence-electron chi connectivity index (χ3n) is 6.34. The van der Waals surface area contributed by atoms with Gasteiger partial charge in [0, 0.05) is 19.6 Å². The molecule has 11 heteroatoms. The SMILES string of the molecule is C[C@H](CO)n1nnnc1-c1cccc(NC(=O)c2cc3c(cc2F)CCN(Cc2ccc(F)cc2)C3)n1. The van der Waals surface area contributed by atoms with Crippen LogP contribution in [-0.4, -0.2) is 54.3 Å². The molecule has 1 amide bonds. The minimum Gasteiger partial charge on any atom is -0.394 e. The lowest BCUT2D eigenvalue weighted by molar-refractivity contribution is 0.102. The van der Waals surface area contributed by atoms with Gasteiger partial charge in [-0.05, 0) is 76.9 Å². The number of aromatic nitrogens is 5. The fourth-order valence-electron chi connectivity index (χ4n) is 4.34. The summed E-state index contributed by atoms with van der Waals surface area (Å²) in [7, 11) is 0. The lowest BCUT2D eigenvalue weighted by atomic mass is 9.96. The Morgan fingerprint density at radius 1 is 1.14 bits per heavy atom. The molecular weight excluding hydrogens is 480 g/mol. The normalized spacial score (nSPS) is 14.3. The second kappa shape index (κ2) is 10.5. The summed E-state index contributed by atoms with van der Waals surface area (Å²) in [4.78, 5) is 19.6. The van der Waals surface area contributed by atoms with Crippen LogP contribution in [0.25, 0.3) is 11.5 Å². The summed E-state index contributed by atoms with van der Waals surface area (Å²) in [6, 6.07) is 14.0. The zero-order chi connectivity index (χ0) is 25.9. The van der Waals surface area contributed by atoms with Crippen molar-refractivity contribution in [3.8, 4) is 11.5 Å². The molecular formula is C26H25F2N7O2. The summed E-state index contributed by atoms with van der Waals surface area (Å²) in [6.07, 6.45) is 0.653. The fourth-order valence-corrected chi connectivity index (χ4v) is 4.34. The van der Waals surface area contributed by atoms with Gasteiger partial charge in [-0.2, -0.15) is 0 Å². The van der Waals surface area contributed by atoms with E-state index in [0.717, 1.165) is 23.2 Å². The molecule has 0 saturated heterocycles. The molecule has 0 radical (unpaired) electrons. The Kier molecular flexibility index (Phi) is 6.97. The van der Waals surface area contributed by atoms with Crippen LogP contribution in [0.1, 0.15) is 40.0 Å². The third-order valence-corrected chi connectivity index (χ3v) is 6.34. The fraction of sp³-hybridized carbons (Fsp3) is 0.269. The number of nitrogens with zero attached hydrogens (tertiary/aromatic N) is 6. The van der Waals surface area contributed by atoms with Gasteiger partial charge in [0.25, 0.3) is 5.91 Å². The number of hydrogen-bond donors (Lipinski definition) is 2. The molecule has 0 spiro atoms. The first-order chi connectivity index (χ1) is 17.9. The minimum atomic E-state index is -0.621. The summed E-state index contributed by atoms with van der Waals surface area (Å²) in [6.45, 7) is 3.51. The van der Waals surface area contributed by atoms with Crippen LogP contribution in [0.4, 0.5) is 14.6 Å². The number of fused-ring (bicyclic) bond motifs is 1. The highest BCUT2D eigenvalue weighted by molar-refractivity contribution is 6.04. The number of amides is 1. The summed E-state index contributed by atoms with van der Waals surface area (Å²) in [5, 5.41) is 23.6. The molecule has 2 aromatic carbocycles. The Balaban J connectivity index is 1.33. The number of aliphatic hydroxyl groups excluding tert-OH is 1. The van der Waals surface area contributed by atoms with E-state index in [2.05, 4.69) is 30.7 Å². The smallest absolute Gasteiger partial charge is 0.259 e. The van der Waals surface area contributed by atoms with Gasteiger partial charge < -0.3 is 10.4 Å². The van der Waals surface area contributed by atoms with Gasteiger partial charge in [0.1, 0.15) is 23.1 Å². The van der Waals surface area contributed by atoms with E-state index < -0.39 is 11.7 Å². The van der Waals surface area contributed by atoms with Crippen molar-refractivity contribution in [2.75, 3.05) is 18.5 Å². The number of carbonyl (C=O) groups is 1. The second-order valence-electron chi connectivity index (χ2n) is 9.03. The van der Waals surface area contributed by atoms with Crippen molar-refractivity contribution in [3.63, 3.8) is 0 Å². The zero-order valence-corrected chi connectivity index (χ0v) is 20.1. The first-order valence-electron chi connectivity index (χ1n) is 11.9. The van der Waals surface area contributed by atoms with Gasteiger partial charge in [0.2, 0.25) is 5.82 Å². The molecule has 0 saturated carbocycles. The van der Waals surface area contributed by atoms with Crippen molar-refractivity contribution in [2.24, 2.45) is 0 Å². The van der Waals surface area contributed by atoms with E-state index in [1.54, 1.807) is 43.3 Å². The van der Waals surface area contributed by atoms with Crippen LogP contribution in [-0.2, 0) is 19.5 Å². The number of rotatable bonds is 7. The number of halogens is 2. The van der Waals surface area contributed by atoms with Crippen molar-refractivity contribution >= 4 is 11.7 Å². The number of aliphatic hydroxyl groups is 1. The van der Waals surface area contributed by atoms with Gasteiger partial charge in [0.05, 0.1) is 18.2 Å². The molecule has 1 atom stereocenters. The topological polar surface area (TPSA) is 109 Å². The lowest BCUT2D eigenvalue weighted by Gasteiger charge is -2.29. The molecule has 2 N–H and O–H groups in total. The highest BCUT2D eigenvalue weighted by atomic mass is 19.1. The molecule has 37 heavy (non-hydrogen) atoms. The molecule has 4 aromatic rings. The average molecular weight is 506 g/mol. The van der Waals surface area contributed by atoms with Gasteiger partial charge in [0.15, 0.2) is 0 Å². The summed E-state index contributed by atoms with van der Waals surface area (Å²) in [5.74, 6) is -0.955. The molecule has 2 aromatic heterocycles. The van der Waals surface area contributed by atoms with Crippen LogP contribution in [0.5, 0.6) is 0 Å². The molecule has 0 fully saturated rings. The van der Waals surface area contributed by atoms with E-state index in [1.165, 1.54) is 22.9 Å². The number of nitrogens with one attached hydrogen (secondary N) is 1. The molecule has 3 heterocycles. The van der Waals surface area contributed by atoms with Gasteiger partial charge in [-0.3, -0.25) is 9.69 Å². The number of hydrogen-bond acceptors (Lipinski definition) is 7. The third kappa shape index (κ3) is 5.37. The highest BCUT2D eigenvalue weighted by Crippen LogP contribution is 2.25. The monoisotopic (exact) mass is 505 g/mol. The van der Waals surface area contributed by atoms with Gasteiger partial charge in [-0.1, -0.05) is 18.2 Å². The predicted octanol–water partition coefficient (Wildman–Crippen LogP) is 3.38. The molecule has 9 nitrogen and oxygen atoms in total. The number of tetrazole rings is 1. The zero-order valence-electron chi connectivity index (χ0n) is 20.1. The van der Waals surface area contributed by atoms with Crippen molar-refractivity contribution < 1.29 is 18.7 Å². The second-order valence-corrected chi connectivity index (χ2v) is 9.03. The molecule has 190 valence electrons. The maximum Gasteiger partial charge on any atom is 0.259 e. The number of pyridine rings is 1. The standard InChI is InChI=1S/C26H25F2N7O2/c1-16(15-36)35-25(31-32-33-35)23-3-2-4-24(29-23)30-26(37)21-11-19-14-34(10-9-18(19)12-22(21)28)13-17-5-7-20(27)8-6-17/h2-8,11-12,16,36H,9-10,13-15H2,1H3,(H,29,30,37)/t16-/m1/s1. The van der Waals surface area contributed by atoms with Gasteiger partial charge >= 0.3 is 0 Å². The van der Waals surface area contributed by atoms with Crippen LogP contribution in [0.15, 0.2) is 54.6 Å². The van der Waals surface area contributed by atoms with Crippen LogP contribution in [0.3, 0.4) is 0 Å². The van der Waals surface area contributed by atoms with E-state index in [4.69, 9.17) is 0 Å². The first kappa shape index (κ1) is 24.6.